The Hall–Kier alpha value is -1.15. The fourth-order valence-corrected chi connectivity index (χ4v) is 1.48. The normalized spacial score (nSPS) is 15.8. The monoisotopic (exact) mass is 189 g/mol. The van der Waals surface area contributed by atoms with E-state index in [-0.39, 0.29) is 0 Å². The van der Waals surface area contributed by atoms with Crippen molar-refractivity contribution >= 4 is 18.4 Å². The molecule has 66 valence electrons. The molecule has 2 heteroatoms. The summed E-state index contributed by atoms with van der Waals surface area (Å²) in [5, 5.41) is 0. The lowest BCUT2D eigenvalue weighted by atomic mass is 10.0. The molecule has 0 radical (unpaired) electrons. The summed E-state index contributed by atoms with van der Waals surface area (Å²) in [6, 6.07) is 10.4. The van der Waals surface area contributed by atoms with Gasteiger partial charge in [-0.2, -0.15) is 0 Å². The predicted octanol–water partition coefficient (Wildman–Crippen LogP) is 2.74. The topological polar surface area (TPSA) is 3.24 Å². The van der Waals surface area contributed by atoms with Crippen LogP contribution in [0.5, 0.6) is 0 Å². The number of hydrogen-bond donors (Lipinski definition) is 1. The first-order valence-electron chi connectivity index (χ1n) is 4.25. The molecule has 13 heavy (non-hydrogen) atoms. The standard InChI is InChI=1S/C11H11NS/c13-12-8-6-11(7-9-12)10-4-2-1-3-5-10/h1-8,13H,9H2. The summed E-state index contributed by atoms with van der Waals surface area (Å²) < 4.78 is 1.85. The van der Waals surface area contributed by atoms with Gasteiger partial charge in [0.05, 0.1) is 0 Å². The van der Waals surface area contributed by atoms with Gasteiger partial charge in [0.15, 0.2) is 0 Å². The summed E-state index contributed by atoms with van der Waals surface area (Å²) in [6.07, 6.45) is 6.22. The Morgan fingerprint density at radius 3 is 2.54 bits per heavy atom. The van der Waals surface area contributed by atoms with E-state index in [4.69, 9.17) is 0 Å². The quantitative estimate of drug-likeness (QED) is 0.665. The van der Waals surface area contributed by atoms with Crippen molar-refractivity contribution < 1.29 is 0 Å². The van der Waals surface area contributed by atoms with Gasteiger partial charge in [-0.3, -0.25) is 0 Å². The van der Waals surface area contributed by atoms with E-state index in [0.717, 1.165) is 6.54 Å². The number of benzene rings is 1. The zero-order valence-corrected chi connectivity index (χ0v) is 8.11. The van der Waals surface area contributed by atoms with Gasteiger partial charge in [0.2, 0.25) is 0 Å². The van der Waals surface area contributed by atoms with Crippen LogP contribution in [-0.4, -0.2) is 10.8 Å². The molecule has 0 amide bonds. The lowest BCUT2D eigenvalue weighted by Crippen LogP contribution is -2.07. The summed E-state index contributed by atoms with van der Waals surface area (Å²) in [6.45, 7) is 0.865. The van der Waals surface area contributed by atoms with E-state index in [1.807, 2.05) is 16.6 Å². The molecule has 2 rings (SSSR count). The smallest absolute Gasteiger partial charge is 0.0476 e. The largest absolute Gasteiger partial charge is 0.322 e. The molecule has 0 fully saturated rings. The van der Waals surface area contributed by atoms with E-state index >= 15 is 0 Å². The first-order chi connectivity index (χ1) is 6.36. The molecule has 1 aromatic rings. The van der Waals surface area contributed by atoms with Gasteiger partial charge in [0.25, 0.3) is 0 Å². The fraction of sp³-hybridized carbons (Fsp3) is 0.0909. The van der Waals surface area contributed by atoms with Gasteiger partial charge >= 0.3 is 0 Å². The second-order valence-electron chi connectivity index (χ2n) is 2.96. The molecule has 0 aromatic heterocycles. The van der Waals surface area contributed by atoms with Gasteiger partial charge in [0, 0.05) is 12.7 Å². The first kappa shape index (κ1) is 8.45. The second kappa shape index (κ2) is 3.71. The lowest BCUT2D eigenvalue weighted by Gasteiger charge is -2.15. The summed E-state index contributed by atoms with van der Waals surface area (Å²) in [4.78, 5) is 0. The Morgan fingerprint density at radius 1 is 1.15 bits per heavy atom. The minimum absolute atomic E-state index is 0.865. The van der Waals surface area contributed by atoms with Crippen LogP contribution in [0.1, 0.15) is 5.56 Å². The third kappa shape index (κ3) is 1.95. The third-order valence-electron chi connectivity index (χ3n) is 2.03. The van der Waals surface area contributed by atoms with E-state index in [9.17, 15) is 0 Å². The van der Waals surface area contributed by atoms with E-state index in [1.54, 1.807) is 0 Å². The van der Waals surface area contributed by atoms with Gasteiger partial charge < -0.3 is 4.31 Å². The average Bonchev–Trinajstić information content (AvgIpc) is 2.20. The van der Waals surface area contributed by atoms with E-state index < -0.39 is 0 Å². The molecule has 1 aromatic carbocycles. The third-order valence-corrected chi connectivity index (χ3v) is 2.33. The predicted molar refractivity (Wildman–Crippen MR) is 59.3 cm³/mol. The Bertz CT molecular complexity index is 340. The summed E-state index contributed by atoms with van der Waals surface area (Å²) in [5.41, 5.74) is 2.53. The molecule has 0 saturated heterocycles. The van der Waals surface area contributed by atoms with Crippen LogP contribution in [0.2, 0.25) is 0 Å². The minimum atomic E-state index is 0.865. The van der Waals surface area contributed by atoms with Crippen molar-refractivity contribution in [2.45, 2.75) is 0 Å². The molecule has 1 nitrogen and oxygen atoms in total. The molecular formula is C11H11NS. The zero-order valence-electron chi connectivity index (χ0n) is 7.22. The van der Waals surface area contributed by atoms with Crippen molar-refractivity contribution in [3.8, 4) is 0 Å². The van der Waals surface area contributed by atoms with Crippen LogP contribution >= 0.6 is 12.8 Å². The number of rotatable bonds is 1. The minimum Gasteiger partial charge on any atom is -0.322 e. The molecule has 0 aliphatic carbocycles. The molecule has 0 unspecified atom stereocenters. The first-order valence-corrected chi connectivity index (χ1v) is 4.65. The highest BCUT2D eigenvalue weighted by Crippen LogP contribution is 2.19. The van der Waals surface area contributed by atoms with E-state index in [2.05, 4.69) is 49.2 Å². The Kier molecular flexibility index (Phi) is 2.41. The summed E-state index contributed by atoms with van der Waals surface area (Å²) >= 11 is 4.22. The molecular weight excluding hydrogens is 178 g/mol. The molecule has 1 aliphatic heterocycles. The average molecular weight is 189 g/mol. The SMILES string of the molecule is SN1C=CC(c2ccccc2)=CC1. The van der Waals surface area contributed by atoms with Crippen molar-refractivity contribution in [3.63, 3.8) is 0 Å². The van der Waals surface area contributed by atoms with Crippen molar-refractivity contribution in [1.82, 2.24) is 4.31 Å². The molecule has 0 atom stereocenters. The van der Waals surface area contributed by atoms with Gasteiger partial charge in [-0.1, -0.05) is 49.2 Å². The second-order valence-corrected chi connectivity index (χ2v) is 3.48. The van der Waals surface area contributed by atoms with Crippen molar-refractivity contribution in [3.05, 3.63) is 54.2 Å². The zero-order chi connectivity index (χ0) is 9.10. The summed E-state index contributed by atoms with van der Waals surface area (Å²) in [5.74, 6) is 0. The van der Waals surface area contributed by atoms with E-state index in [1.165, 1.54) is 11.1 Å². The maximum atomic E-state index is 4.22. The number of allylic oxidation sites excluding steroid dienone is 2. The Labute approximate surface area is 83.9 Å². The maximum absolute atomic E-state index is 4.22. The highest BCUT2D eigenvalue weighted by Gasteiger charge is 2.02. The van der Waals surface area contributed by atoms with E-state index in [0.29, 0.717) is 0 Å². The highest BCUT2D eigenvalue weighted by atomic mass is 32.1. The van der Waals surface area contributed by atoms with Crippen LogP contribution in [0.3, 0.4) is 0 Å². The maximum Gasteiger partial charge on any atom is 0.0476 e. The molecule has 0 N–H and O–H groups in total. The van der Waals surface area contributed by atoms with Crippen molar-refractivity contribution in [2.75, 3.05) is 6.54 Å². The van der Waals surface area contributed by atoms with Crippen LogP contribution in [-0.2, 0) is 0 Å². The van der Waals surface area contributed by atoms with Crippen molar-refractivity contribution in [2.24, 2.45) is 0 Å². The van der Waals surface area contributed by atoms with Crippen LogP contribution in [0, 0.1) is 0 Å². The Morgan fingerprint density at radius 2 is 1.92 bits per heavy atom. The van der Waals surface area contributed by atoms with Crippen LogP contribution in [0.15, 0.2) is 48.7 Å². The number of hydrogen-bond acceptors (Lipinski definition) is 2. The Balaban J connectivity index is 2.25. The van der Waals surface area contributed by atoms with Crippen LogP contribution in [0.25, 0.3) is 5.57 Å². The molecule has 0 saturated carbocycles. The van der Waals surface area contributed by atoms with Gasteiger partial charge in [-0.05, 0) is 17.2 Å². The van der Waals surface area contributed by atoms with Crippen LogP contribution in [0.4, 0.5) is 0 Å². The fourth-order valence-electron chi connectivity index (χ4n) is 1.33. The molecule has 1 heterocycles. The molecule has 0 spiro atoms. The highest BCUT2D eigenvalue weighted by molar-refractivity contribution is 7.77. The van der Waals surface area contributed by atoms with Crippen molar-refractivity contribution in [1.29, 1.82) is 0 Å². The molecule has 0 bridgehead atoms. The van der Waals surface area contributed by atoms with Gasteiger partial charge in [-0.25, -0.2) is 0 Å². The molecule has 1 aliphatic rings. The number of nitrogens with zero attached hydrogens (tertiary/aromatic N) is 1. The summed E-state index contributed by atoms with van der Waals surface area (Å²) in [7, 11) is 0. The lowest BCUT2D eigenvalue weighted by molar-refractivity contribution is 0.702. The number of thiol groups is 1. The van der Waals surface area contributed by atoms with Gasteiger partial charge in [0.1, 0.15) is 0 Å². The van der Waals surface area contributed by atoms with Crippen LogP contribution < -0.4 is 0 Å². The van der Waals surface area contributed by atoms with Gasteiger partial charge in [-0.15, -0.1) is 0 Å².